The van der Waals surface area contributed by atoms with Crippen molar-refractivity contribution in [2.75, 3.05) is 0 Å². The summed E-state index contributed by atoms with van der Waals surface area (Å²) in [4.78, 5) is 4.51. The predicted molar refractivity (Wildman–Crippen MR) is 70.8 cm³/mol. The zero-order chi connectivity index (χ0) is 13.5. The molecular formula is C12H18ClN5. The minimum absolute atomic E-state index is 0.00192. The fraction of sp³-hybridized carbons (Fsp3) is 0.583. The fourth-order valence-electron chi connectivity index (χ4n) is 1.84. The summed E-state index contributed by atoms with van der Waals surface area (Å²) in [5.74, 6) is 1.66. The van der Waals surface area contributed by atoms with Gasteiger partial charge in [-0.25, -0.2) is 9.67 Å². The Bertz CT molecular complexity index is 549. The van der Waals surface area contributed by atoms with Gasteiger partial charge in [-0.1, -0.05) is 11.6 Å². The van der Waals surface area contributed by atoms with E-state index in [4.69, 9.17) is 11.6 Å². The molecule has 5 nitrogen and oxygen atoms in total. The molecule has 0 aliphatic rings. The highest BCUT2D eigenvalue weighted by Crippen LogP contribution is 2.23. The van der Waals surface area contributed by atoms with Crippen LogP contribution in [0.3, 0.4) is 0 Å². The first-order chi connectivity index (χ1) is 8.29. The Balaban J connectivity index is 2.45. The van der Waals surface area contributed by atoms with Crippen molar-refractivity contribution < 1.29 is 0 Å². The zero-order valence-electron chi connectivity index (χ0n) is 11.3. The first kappa shape index (κ1) is 13.1. The largest absolute Gasteiger partial charge is 0.261 e. The molecule has 2 heterocycles. The Morgan fingerprint density at radius 3 is 2.50 bits per heavy atom. The maximum Gasteiger partial charge on any atom is 0.152 e. The molecule has 0 fully saturated rings. The van der Waals surface area contributed by atoms with Crippen molar-refractivity contribution in [2.45, 2.75) is 46.2 Å². The summed E-state index contributed by atoms with van der Waals surface area (Å²) in [6.07, 6.45) is 3.42. The molecule has 0 saturated carbocycles. The third-order valence-electron chi connectivity index (χ3n) is 2.71. The van der Waals surface area contributed by atoms with Gasteiger partial charge in [-0.3, -0.25) is 4.68 Å². The van der Waals surface area contributed by atoms with E-state index in [1.165, 1.54) is 0 Å². The van der Waals surface area contributed by atoms with E-state index in [1.54, 1.807) is 17.1 Å². The van der Waals surface area contributed by atoms with Crippen molar-refractivity contribution in [3.63, 3.8) is 0 Å². The van der Waals surface area contributed by atoms with Crippen molar-refractivity contribution in [1.29, 1.82) is 0 Å². The first-order valence-corrected chi connectivity index (χ1v) is 6.30. The van der Waals surface area contributed by atoms with E-state index in [2.05, 4.69) is 36.0 Å². The Hall–Kier alpha value is -1.36. The second kappa shape index (κ2) is 4.39. The summed E-state index contributed by atoms with van der Waals surface area (Å²) in [6, 6.07) is -0.00192. The van der Waals surface area contributed by atoms with Crippen LogP contribution in [-0.4, -0.2) is 24.5 Å². The summed E-state index contributed by atoms with van der Waals surface area (Å²) in [6.45, 7) is 10.2. The number of halogens is 1. The van der Waals surface area contributed by atoms with Gasteiger partial charge in [0.1, 0.15) is 11.9 Å². The van der Waals surface area contributed by atoms with E-state index in [0.717, 1.165) is 11.6 Å². The van der Waals surface area contributed by atoms with E-state index < -0.39 is 0 Å². The second-order valence-electron chi connectivity index (χ2n) is 5.41. The minimum atomic E-state index is -0.109. The maximum absolute atomic E-state index is 5.90. The third kappa shape index (κ3) is 2.41. The quantitative estimate of drug-likeness (QED) is 0.841. The summed E-state index contributed by atoms with van der Waals surface area (Å²) >= 11 is 5.90. The SMILES string of the molecule is Cc1nc([C@@H](C)n2cc(Cl)cn2)n(C(C)(C)C)n1. The molecule has 0 radical (unpaired) electrons. The van der Waals surface area contributed by atoms with Gasteiger partial charge >= 0.3 is 0 Å². The van der Waals surface area contributed by atoms with Gasteiger partial charge in [-0.2, -0.15) is 10.2 Å². The maximum atomic E-state index is 5.90. The van der Waals surface area contributed by atoms with E-state index in [-0.39, 0.29) is 11.6 Å². The Kier molecular flexibility index (Phi) is 3.19. The van der Waals surface area contributed by atoms with Gasteiger partial charge in [0, 0.05) is 6.20 Å². The minimum Gasteiger partial charge on any atom is -0.261 e. The van der Waals surface area contributed by atoms with E-state index in [0.29, 0.717) is 5.02 Å². The Morgan fingerprint density at radius 2 is 2.00 bits per heavy atom. The molecule has 0 aromatic carbocycles. The molecule has 0 aliphatic heterocycles. The van der Waals surface area contributed by atoms with Gasteiger partial charge < -0.3 is 0 Å². The smallest absolute Gasteiger partial charge is 0.152 e. The number of aromatic nitrogens is 5. The molecule has 0 unspecified atom stereocenters. The van der Waals surface area contributed by atoms with Crippen LogP contribution in [0.4, 0.5) is 0 Å². The molecule has 0 N–H and O–H groups in total. The molecular weight excluding hydrogens is 250 g/mol. The molecule has 0 bridgehead atoms. The lowest BCUT2D eigenvalue weighted by Gasteiger charge is -2.23. The molecule has 6 heteroatoms. The van der Waals surface area contributed by atoms with Crippen molar-refractivity contribution >= 4 is 11.6 Å². The third-order valence-corrected chi connectivity index (χ3v) is 2.91. The lowest BCUT2D eigenvalue weighted by atomic mass is 10.1. The number of hydrogen-bond donors (Lipinski definition) is 0. The van der Waals surface area contributed by atoms with Crippen LogP contribution >= 0.6 is 11.6 Å². The van der Waals surface area contributed by atoms with Crippen molar-refractivity contribution in [3.8, 4) is 0 Å². The van der Waals surface area contributed by atoms with Crippen molar-refractivity contribution in [3.05, 3.63) is 29.1 Å². The summed E-state index contributed by atoms with van der Waals surface area (Å²) in [7, 11) is 0. The van der Waals surface area contributed by atoms with Gasteiger partial charge in [0.2, 0.25) is 0 Å². The number of rotatable bonds is 2. The molecule has 2 aromatic heterocycles. The molecule has 0 saturated heterocycles. The molecule has 0 aliphatic carbocycles. The molecule has 1 atom stereocenters. The highest BCUT2D eigenvalue weighted by atomic mass is 35.5. The highest BCUT2D eigenvalue weighted by Gasteiger charge is 2.24. The van der Waals surface area contributed by atoms with E-state index in [1.807, 2.05) is 18.5 Å². The van der Waals surface area contributed by atoms with Crippen LogP contribution in [0.15, 0.2) is 12.4 Å². The first-order valence-electron chi connectivity index (χ1n) is 5.92. The second-order valence-corrected chi connectivity index (χ2v) is 5.85. The van der Waals surface area contributed by atoms with Crippen LogP contribution in [0.1, 0.15) is 45.4 Å². The summed E-state index contributed by atoms with van der Waals surface area (Å²) < 4.78 is 3.75. The molecule has 0 amide bonds. The van der Waals surface area contributed by atoms with Gasteiger partial charge in [0.15, 0.2) is 5.82 Å². The number of hydrogen-bond acceptors (Lipinski definition) is 3. The van der Waals surface area contributed by atoms with Gasteiger partial charge in [0.05, 0.1) is 16.8 Å². The highest BCUT2D eigenvalue weighted by molar-refractivity contribution is 6.30. The lowest BCUT2D eigenvalue weighted by molar-refractivity contribution is 0.324. The molecule has 2 aromatic rings. The van der Waals surface area contributed by atoms with Gasteiger partial charge in [-0.05, 0) is 34.6 Å². The van der Waals surface area contributed by atoms with Crippen LogP contribution in [0.2, 0.25) is 5.02 Å². The van der Waals surface area contributed by atoms with Crippen LogP contribution in [0.5, 0.6) is 0 Å². The lowest BCUT2D eigenvalue weighted by Crippen LogP contribution is -2.28. The molecule has 2 rings (SSSR count). The average Bonchev–Trinajstić information content (AvgIpc) is 2.82. The molecule has 0 spiro atoms. The molecule has 98 valence electrons. The Morgan fingerprint density at radius 1 is 1.33 bits per heavy atom. The standard InChI is InChI=1S/C12H18ClN5/c1-8(17-7-10(13)6-14-17)11-15-9(2)16-18(11)12(3,4)5/h6-8H,1-5H3/t8-/m1/s1. The normalized spacial score (nSPS) is 13.9. The van der Waals surface area contributed by atoms with Crippen LogP contribution < -0.4 is 0 Å². The van der Waals surface area contributed by atoms with Crippen molar-refractivity contribution in [1.82, 2.24) is 24.5 Å². The Labute approximate surface area is 112 Å². The zero-order valence-corrected chi connectivity index (χ0v) is 12.1. The van der Waals surface area contributed by atoms with Gasteiger partial charge in [-0.15, -0.1) is 0 Å². The van der Waals surface area contributed by atoms with Crippen LogP contribution in [0, 0.1) is 6.92 Å². The van der Waals surface area contributed by atoms with Crippen LogP contribution in [0.25, 0.3) is 0 Å². The van der Waals surface area contributed by atoms with E-state index in [9.17, 15) is 0 Å². The van der Waals surface area contributed by atoms with Crippen molar-refractivity contribution in [2.24, 2.45) is 0 Å². The van der Waals surface area contributed by atoms with Gasteiger partial charge in [0.25, 0.3) is 0 Å². The number of aryl methyl sites for hydroxylation is 1. The number of nitrogens with zero attached hydrogens (tertiary/aromatic N) is 5. The summed E-state index contributed by atoms with van der Waals surface area (Å²) in [5, 5.41) is 9.32. The average molecular weight is 268 g/mol. The monoisotopic (exact) mass is 267 g/mol. The fourth-order valence-corrected chi connectivity index (χ4v) is 1.98. The molecule has 18 heavy (non-hydrogen) atoms. The predicted octanol–water partition coefficient (Wildman–Crippen LogP) is 2.80. The van der Waals surface area contributed by atoms with E-state index >= 15 is 0 Å². The summed E-state index contributed by atoms with van der Waals surface area (Å²) in [5.41, 5.74) is -0.109. The topological polar surface area (TPSA) is 48.5 Å². The van der Waals surface area contributed by atoms with Crippen LogP contribution in [-0.2, 0) is 5.54 Å².